The van der Waals surface area contributed by atoms with Crippen molar-refractivity contribution in [2.24, 2.45) is 7.05 Å². The fourth-order valence-corrected chi connectivity index (χ4v) is 5.98. The average molecular weight is 527 g/mol. The maximum atomic E-state index is 13.9. The molecule has 0 radical (unpaired) electrons. The van der Waals surface area contributed by atoms with E-state index in [1.807, 2.05) is 78.7 Å². The van der Waals surface area contributed by atoms with Crippen LogP contribution in [0.2, 0.25) is 10.0 Å². The lowest BCUT2D eigenvalue weighted by Crippen LogP contribution is -2.28. The standard InChI is InChI=1S/C31H24Cl2N2O2/c1-34-27-10-6-5-9-25(27)28(29(34)24-16-13-20(32)17-26(24)33)30-22-7-3-4-8-23(22)31(36)35(30)18-19-11-14-21(37-2)15-12-19/h3-17,30H,18H2,1-2H3. The highest BCUT2D eigenvalue weighted by molar-refractivity contribution is 6.36. The molecule has 1 aromatic heterocycles. The van der Waals surface area contributed by atoms with E-state index in [1.54, 1.807) is 13.2 Å². The van der Waals surface area contributed by atoms with Gasteiger partial charge in [0.2, 0.25) is 0 Å². The molecule has 1 atom stereocenters. The number of hydrogen-bond donors (Lipinski definition) is 0. The van der Waals surface area contributed by atoms with Crippen LogP contribution in [0.1, 0.15) is 33.1 Å². The Morgan fingerprint density at radius 3 is 2.35 bits per heavy atom. The third kappa shape index (κ3) is 3.88. The molecule has 0 bridgehead atoms. The third-order valence-corrected chi connectivity index (χ3v) is 7.72. The Morgan fingerprint density at radius 2 is 1.59 bits per heavy atom. The number of methoxy groups -OCH3 is 1. The highest BCUT2D eigenvalue weighted by Gasteiger charge is 2.40. The first-order valence-electron chi connectivity index (χ1n) is 12.0. The van der Waals surface area contributed by atoms with Crippen LogP contribution in [0.5, 0.6) is 5.75 Å². The van der Waals surface area contributed by atoms with E-state index in [4.69, 9.17) is 27.9 Å². The van der Waals surface area contributed by atoms with Gasteiger partial charge in [-0.25, -0.2) is 0 Å². The molecule has 0 N–H and O–H groups in total. The quantitative estimate of drug-likeness (QED) is 0.233. The summed E-state index contributed by atoms with van der Waals surface area (Å²) in [5, 5.41) is 2.23. The van der Waals surface area contributed by atoms with E-state index >= 15 is 0 Å². The van der Waals surface area contributed by atoms with Gasteiger partial charge in [0.15, 0.2) is 0 Å². The van der Waals surface area contributed by atoms with Crippen molar-refractivity contribution in [2.45, 2.75) is 12.6 Å². The van der Waals surface area contributed by atoms with Crippen molar-refractivity contribution in [1.29, 1.82) is 0 Å². The number of nitrogens with zero attached hydrogens (tertiary/aromatic N) is 2. The second-order valence-corrected chi connectivity index (χ2v) is 10.1. The molecule has 2 heterocycles. The van der Waals surface area contributed by atoms with Crippen LogP contribution in [-0.4, -0.2) is 22.5 Å². The van der Waals surface area contributed by atoms with E-state index in [-0.39, 0.29) is 11.9 Å². The van der Waals surface area contributed by atoms with Crippen molar-refractivity contribution in [1.82, 2.24) is 9.47 Å². The van der Waals surface area contributed by atoms with Crippen LogP contribution in [-0.2, 0) is 13.6 Å². The predicted octanol–water partition coefficient (Wildman–Crippen LogP) is 7.91. The van der Waals surface area contributed by atoms with E-state index in [1.165, 1.54) is 0 Å². The minimum atomic E-state index is -0.293. The molecule has 0 fully saturated rings. The first-order chi connectivity index (χ1) is 18.0. The summed E-state index contributed by atoms with van der Waals surface area (Å²) >= 11 is 13.0. The monoisotopic (exact) mass is 526 g/mol. The van der Waals surface area contributed by atoms with Crippen molar-refractivity contribution < 1.29 is 9.53 Å². The van der Waals surface area contributed by atoms with Crippen molar-refractivity contribution in [3.8, 4) is 17.0 Å². The Balaban J connectivity index is 1.61. The van der Waals surface area contributed by atoms with E-state index in [2.05, 4.69) is 22.8 Å². The Hall–Kier alpha value is -3.73. The van der Waals surface area contributed by atoms with Crippen molar-refractivity contribution >= 4 is 40.0 Å². The van der Waals surface area contributed by atoms with Crippen LogP contribution < -0.4 is 4.74 Å². The molecule has 1 amide bonds. The number of rotatable bonds is 5. The molecule has 37 heavy (non-hydrogen) atoms. The Morgan fingerprint density at radius 1 is 0.865 bits per heavy atom. The molecule has 1 aliphatic rings. The van der Waals surface area contributed by atoms with Gasteiger partial charge in [0.05, 0.1) is 23.9 Å². The first kappa shape index (κ1) is 23.7. The van der Waals surface area contributed by atoms with Crippen LogP contribution in [0.25, 0.3) is 22.2 Å². The maximum absolute atomic E-state index is 13.9. The molecule has 4 aromatic carbocycles. The zero-order valence-corrected chi connectivity index (χ0v) is 21.9. The normalized spacial score (nSPS) is 14.9. The molecule has 1 aliphatic heterocycles. The second-order valence-electron chi connectivity index (χ2n) is 9.23. The van der Waals surface area contributed by atoms with Gasteiger partial charge in [0, 0.05) is 46.2 Å². The van der Waals surface area contributed by atoms with Crippen LogP contribution >= 0.6 is 23.2 Å². The molecular weight excluding hydrogens is 503 g/mol. The van der Waals surface area contributed by atoms with Gasteiger partial charge in [-0.2, -0.15) is 0 Å². The summed E-state index contributed by atoms with van der Waals surface area (Å²) in [6.07, 6.45) is 0. The first-order valence-corrected chi connectivity index (χ1v) is 12.8. The third-order valence-electron chi connectivity index (χ3n) is 7.18. The number of para-hydroxylation sites is 1. The number of carbonyl (C=O) groups excluding carboxylic acids is 1. The molecule has 4 nitrogen and oxygen atoms in total. The summed E-state index contributed by atoms with van der Waals surface area (Å²) < 4.78 is 7.49. The summed E-state index contributed by atoms with van der Waals surface area (Å²) in [4.78, 5) is 15.8. The highest BCUT2D eigenvalue weighted by atomic mass is 35.5. The molecule has 6 heteroatoms. The lowest BCUT2D eigenvalue weighted by atomic mass is 9.93. The summed E-state index contributed by atoms with van der Waals surface area (Å²) in [6, 6.07) is 29.3. The summed E-state index contributed by atoms with van der Waals surface area (Å²) in [5.74, 6) is 0.794. The smallest absolute Gasteiger partial charge is 0.255 e. The van der Waals surface area contributed by atoms with Crippen LogP contribution in [0, 0.1) is 0 Å². The molecule has 0 spiro atoms. The number of hydrogen-bond acceptors (Lipinski definition) is 2. The van der Waals surface area contributed by atoms with Gasteiger partial charge in [0.1, 0.15) is 5.75 Å². The minimum absolute atomic E-state index is 0.0116. The van der Waals surface area contributed by atoms with Gasteiger partial charge in [0.25, 0.3) is 5.91 Å². The summed E-state index contributed by atoms with van der Waals surface area (Å²) in [6.45, 7) is 0.458. The largest absolute Gasteiger partial charge is 0.497 e. The van der Waals surface area contributed by atoms with E-state index in [0.29, 0.717) is 16.6 Å². The van der Waals surface area contributed by atoms with E-state index < -0.39 is 0 Å². The number of aryl methyl sites for hydroxylation is 1. The van der Waals surface area contributed by atoms with Gasteiger partial charge in [-0.1, -0.05) is 71.7 Å². The molecule has 6 rings (SSSR count). The topological polar surface area (TPSA) is 34.5 Å². The van der Waals surface area contributed by atoms with Crippen LogP contribution in [0.15, 0.2) is 91.0 Å². The van der Waals surface area contributed by atoms with Gasteiger partial charge in [-0.15, -0.1) is 0 Å². The number of aromatic nitrogens is 1. The van der Waals surface area contributed by atoms with Gasteiger partial charge in [-0.3, -0.25) is 4.79 Å². The molecule has 0 aliphatic carbocycles. The highest BCUT2D eigenvalue weighted by Crippen LogP contribution is 2.48. The number of carbonyl (C=O) groups is 1. The second kappa shape index (κ2) is 9.29. The zero-order chi connectivity index (χ0) is 25.7. The number of amides is 1. The molecule has 0 saturated heterocycles. The Bertz CT molecular complexity index is 1660. The molecule has 0 saturated carbocycles. The Kier molecular flexibility index (Phi) is 5.94. The average Bonchev–Trinajstić information content (AvgIpc) is 3.35. The number of ether oxygens (including phenoxy) is 1. The van der Waals surface area contributed by atoms with Crippen LogP contribution in [0.3, 0.4) is 0 Å². The fraction of sp³-hybridized carbons (Fsp3) is 0.129. The van der Waals surface area contributed by atoms with Gasteiger partial charge < -0.3 is 14.2 Å². The molecule has 5 aromatic rings. The van der Waals surface area contributed by atoms with Crippen LogP contribution in [0.4, 0.5) is 0 Å². The van der Waals surface area contributed by atoms with Crippen molar-refractivity contribution in [2.75, 3.05) is 7.11 Å². The molecular formula is C31H24Cl2N2O2. The SMILES string of the molecule is COc1ccc(CN2C(=O)c3ccccc3C2c2c(-c3ccc(Cl)cc3Cl)n(C)c3ccccc23)cc1. The summed E-state index contributed by atoms with van der Waals surface area (Å²) in [5.41, 5.74) is 6.70. The lowest BCUT2D eigenvalue weighted by Gasteiger charge is -2.27. The zero-order valence-electron chi connectivity index (χ0n) is 20.4. The number of halogens is 2. The van der Waals surface area contributed by atoms with E-state index in [0.717, 1.165) is 50.2 Å². The Labute approximate surface area is 225 Å². The summed E-state index contributed by atoms with van der Waals surface area (Å²) in [7, 11) is 3.69. The predicted molar refractivity (Wildman–Crippen MR) is 150 cm³/mol. The fourth-order valence-electron chi connectivity index (χ4n) is 5.48. The maximum Gasteiger partial charge on any atom is 0.255 e. The lowest BCUT2D eigenvalue weighted by molar-refractivity contribution is 0.0737. The van der Waals surface area contributed by atoms with Crippen molar-refractivity contribution in [3.05, 3.63) is 123 Å². The molecule has 184 valence electrons. The number of benzene rings is 4. The van der Waals surface area contributed by atoms with Crippen molar-refractivity contribution in [3.63, 3.8) is 0 Å². The molecule has 1 unspecified atom stereocenters. The van der Waals surface area contributed by atoms with Gasteiger partial charge in [-0.05, 0) is 53.6 Å². The minimum Gasteiger partial charge on any atom is -0.497 e. The number of fused-ring (bicyclic) bond motifs is 2. The van der Waals surface area contributed by atoms with Gasteiger partial charge >= 0.3 is 0 Å². The van der Waals surface area contributed by atoms with E-state index in [9.17, 15) is 4.79 Å².